The molecule has 0 aromatic rings. The van der Waals surface area contributed by atoms with Crippen LogP contribution in [0.4, 0.5) is 9.59 Å². The molecule has 0 saturated carbocycles. The van der Waals surface area contributed by atoms with Crippen LogP contribution in [0.3, 0.4) is 0 Å². The monoisotopic (exact) mass is 396 g/mol. The van der Waals surface area contributed by atoms with E-state index in [1.165, 1.54) is 19.6 Å². The fourth-order valence-corrected chi connectivity index (χ4v) is 3.51. The molecule has 2 heterocycles. The molecule has 0 unspecified atom stereocenters. The van der Waals surface area contributed by atoms with Crippen molar-refractivity contribution in [3.05, 3.63) is 0 Å². The van der Waals surface area contributed by atoms with E-state index in [1.807, 2.05) is 27.7 Å². The second-order valence-corrected chi connectivity index (χ2v) is 8.77. The molecule has 6 amide bonds. The van der Waals surface area contributed by atoms with Crippen molar-refractivity contribution in [3.8, 4) is 0 Å². The van der Waals surface area contributed by atoms with Crippen molar-refractivity contribution in [2.45, 2.75) is 47.1 Å². The highest BCUT2D eigenvalue weighted by Gasteiger charge is 2.44. The minimum Gasteiger partial charge on any atom is -0.378 e. The third-order valence-corrected chi connectivity index (χ3v) is 5.07. The lowest BCUT2D eigenvalue weighted by atomic mass is 9.94. The molecule has 0 spiro atoms. The summed E-state index contributed by atoms with van der Waals surface area (Å²) in [4.78, 5) is 54.6. The molecule has 28 heavy (non-hydrogen) atoms. The van der Waals surface area contributed by atoms with Crippen LogP contribution in [0, 0.1) is 5.41 Å². The molecule has 2 aliphatic heterocycles. The first-order chi connectivity index (χ1) is 12.9. The Bertz CT molecular complexity index is 661. The van der Waals surface area contributed by atoms with Crippen molar-refractivity contribution >= 4 is 23.9 Å². The van der Waals surface area contributed by atoms with Crippen molar-refractivity contribution < 1.29 is 23.9 Å². The number of hydrogen-bond acceptors (Lipinski definition) is 5. The van der Waals surface area contributed by atoms with E-state index in [2.05, 4.69) is 0 Å². The van der Waals surface area contributed by atoms with Gasteiger partial charge in [0.2, 0.25) is 5.91 Å². The highest BCUT2D eigenvalue weighted by atomic mass is 16.5. The van der Waals surface area contributed by atoms with Crippen LogP contribution in [0.2, 0.25) is 0 Å². The first kappa shape index (κ1) is 22.1. The molecular weight excluding hydrogens is 364 g/mol. The van der Waals surface area contributed by atoms with Crippen molar-refractivity contribution in [2.75, 3.05) is 45.9 Å². The summed E-state index contributed by atoms with van der Waals surface area (Å²) in [5.74, 6) is -0.430. The maximum atomic E-state index is 12.4. The fraction of sp³-hybridized carbons (Fsp3) is 0.789. The molecule has 2 rings (SSSR count). The van der Waals surface area contributed by atoms with Crippen LogP contribution in [-0.2, 0) is 14.3 Å². The molecule has 2 aliphatic rings. The molecule has 158 valence electrons. The molecule has 0 atom stereocenters. The Kier molecular flexibility index (Phi) is 6.37. The molecule has 0 aromatic carbocycles. The minimum atomic E-state index is -0.785. The van der Waals surface area contributed by atoms with Crippen LogP contribution in [-0.4, -0.2) is 95.0 Å². The minimum absolute atomic E-state index is 0.0946. The summed E-state index contributed by atoms with van der Waals surface area (Å²) in [5, 5.41) is 0. The van der Waals surface area contributed by atoms with Crippen LogP contribution in [0.25, 0.3) is 0 Å². The molecule has 0 aromatic heterocycles. The summed E-state index contributed by atoms with van der Waals surface area (Å²) in [6, 6.07) is -0.568. The molecule has 9 nitrogen and oxygen atoms in total. The van der Waals surface area contributed by atoms with Crippen LogP contribution in [0.15, 0.2) is 0 Å². The van der Waals surface area contributed by atoms with Gasteiger partial charge in [-0.2, -0.15) is 0 Å². The van der Waals surface area contributed by atoms with Gasteiger partial charge in [-0.1, -0.05) is 13.8 Å². The van der Waals surface area contributed by atoms with Crippen molar-refractivity contribution in [1.82, 2.24) is 19.6 Å². The highest BCUT2D eigenvalue weighted by molar-refractivity contribution is 6.03. The van der Waals surface area contributed by atoms with Gasteiger partial charge in [-0.05, 0) is 27.7 Å². The largest absolute Gasteiger partial charge is 0.378 e. The van der Waals surface area contributed by atoms with Gasteiger partial charge in [-0.15, -0.1) is 0 Å². The second-order valence-electron chi connectivity index (χ2n) is 8.77. The van der Waals surface area contributed by atoms with E-state index in [0.717, 1.165) is 0 Å². The molecule has 0 radical (unpaired) electrons. The first-order valence-electron chi connectivity index (χ1n) is 9.72. The molecule has 9 heteroatoms. The van der Waals surface area contributed by atoms with Gasteiger partial charge in [-0.3, -0.25) is 19.4 Å². The Hall–Kier alpha value is -2.16. The second kappa shape index (κ2) is 8.06. The van der Waals surface area contributed by atoms with Gasteiger partial charge in [0.15, 0.2) is 0 Å². The summed E-state index contributed by atoms with van der Waals surface area (Å²) in [7, 11) is 0. The maximum Gasteiger partial charge on any atom is 0.327 e. The Morgan fingerprint density at radius 1 is 0.821 bits per heavy atom. The summed E-state index contributed by atoms with van der Waals surface area (Å²) in [5.41, 5.74) is -1.24. The van der Waals surface area contributed by atoms with Gasteiger partial charge < -0.3 is 14.5 Å². The first-order valence-corrected chi connectivity index (χ1v) is 9.72. The third-order valence-electron chi connectivity index (χ3n) is 5.07. The summed E-state index contributed by atoms with van der Waals surface area (Å²) >= 11 is 0. The number of amides is 6. The van der Waals surface area contributed by atoms with Crippen molar-refractivity contribution in [1.29, 1.82) is 0 Å². The predicted octanol–water partition coefficient (Wildman–Crippen LogP) is 1.38. The number of rotatable bonds is 9. The Morgan fingerprint density at radius 2 is 1.36 bits per heavy atom. The average molecular weight is 396 g/mol. The standard InChI is InChI=1S/C19H32N4O5/c1-7-20-9-14(24)22(16(20)26)11-18(3,4)12-28-13-19(5,6)23-15(25)10-21(8-2)17(23)27/h7-13H2,1-6H3. The molecular formula is C19H32N4O5. The molecule has 0 N–H and O–H groups in total. The van der Waals surface area contributed by atoms with Crippen LogP contribution < -0.4 is 0 Å². The Labute approximate surface area is 166 Å². The number of likely N-dealkylation sites (N-methyl/N-ethyl adjacent to an activating group) is 2. The SMILES string of the molecule is CCN1CC(=O)N(CC(C)(C)COCC(C)(C)N2C(=O)CN(CC)C2=O)C1=O. The maximum absolute atomic E-state index is 12.4. The fourth-order valence-electron chi connectivity index (χ4n) is 3.51. The van der Waals surface area contributed by atoms with E-state index < -0.39 is 11.0 Å². The topological polar surface area (TPSA) is 90.5 Å². The smallest absolute Gasteiger partial charge is 0.327 e. The lowest BCUT2D eigenvalue weighted by Gasteiger charge is -2.35. The van der Waals surface area contributed by atoms with E-state index in [9.17, 15) is 19.2 Å². The summed E-state index contributed by atoms with van der Waals surface area (Å²) in [6.45, 7) is 13.0. The quantitative estimate of drug-likeness (QED) is 0.549. The Balaban J connectivity index is 1.92. The van der Waals surface area contributed by atoms with Gasteiger partial charge in [0.05, 0.1) is 18.8 Å². The summed E-state index contributed by atoms with van der Waals surface area (Å²) in [6.07, 6.45) is 0. The van der Waals surface area contributed by atoms with Gasteiger partial charge in [0, 0.05) is 25.0 Å². The van der Waals surface area contributed by atoms with E-state index >= 15 is 0 Å². The van der Waals surface area contributed by atoms with Crippen molar-refractivity contribution in [2.24, 2.45) is 5.41 Å². The zero-order valence-corrected chi connectivity index (χ0v) is 17.8. The Morgan fingerprint density at radius 3 is 1.86 bits per heavy atom. The van der Waals surface area contributed by atoms with Crippen LogP contribution in [0.1, 0.15) is 41.5 Å². The zero-order chi connectivity index (χ0) is 21.3. The van der Waals surface area contributed by atoms with Gasteiger partial charge >= 0.3 is 12.1 Å². The molecule has 0 bridgehead atoms. The molecule has 0 aliphatic carbocycles. The normalized spacial score (nSPS) is 18.9. The van der Waals surface area contributed by atoms with Crippen molar-refractivity contribution in [3.63, 3.8) is 0 Å². The number of ether oxygens (including phenoxy) is 1. The lowest BCUT2D eigenvalue weighted by Crippen LogP contribution is -2.52. The van der Waals surface area contributed by atoms with E-state index in [4.69, 9.17) is 4.74 Å². The van der Waals surface area contributed by atoms with Gasteiger partial charge in [0.1, 0.15) is 13.1 Å². The predicted molar refractivity (Wildman–Crippen MR) is 103 cm³/mol. The zero-order valence-electron chi connectivity index (χ0n) is 17.8. The molecule has 2 fully saturated rings. The van der Waals surface area contributed by atoms with Gasteiger partial charge in [0.25, 0.3) is 5.91 Å². The number of hydrogen-bond donors (Lipinski definition) is 0. The summed E-state index contributed by atoms with van der Waals surface area (Å²) < 4.78 is 5.85. The highest BCUT2D eigenvalue weighted by Crippen LogP contribution is 2.25. The number of carbonyl (C=O) groups is 4. The van der Waals surface area contributed by atoms with Gasteiger partial charge in [-0.25, -0.2) is 9.59 Å². The van der Waals surface area contributed by atoms with Crippen LogP contribution in [0.5, 0.6) is 0 Å². The third kappa shape index (κ3) is 4.45. The number of carbonyl (C=O) groups excluding carboxylic acids is 4. The number of nitrogens with zero attached hydrogens (tertiary/aromatic N) is 4. The number of imide groups is 2. The molecule has 2 saturated heterocycles. The van der Waals surface area contributed by atoms with E-state index in [1.54, 1.807) is 13.8 Å². The van der Waals surface area contributed by atoms with E-state index in [-0.39, 0.29) is 56.7 Å². The number of urea groups is 2. The van der Waals surface area contributed by atoms with E-state index in [0.29, 0.717) is 13.1 Å². The average Bonchev–Trinajstić information content (AvgIpc) is 3.03. The van der Waals surface area contributed by atoms with Crippen LogP contribution >= 0.6 is 0 Å². The lowest BCUT2D eigenvalue weighted by molar-refractivity contribution is -0.131.